The molecule has 3 atom stereocenters. The van der Waals surface area contributed by atoms with Crippen LogP contribution in [0.5, 0.6) is 0 Å². The number of pyridine rings is 1. The third-order valence-electron chi connectivity index (χ3n) is 3.90. The molecular formula is C14H17NO2. The number of carbonyl (C=O) groups excluding carboxylic acids is 1. The zero-order valence-electron chi connectivity index (χ0n) is 10.1. The van der Waals surface area contributed by atoms with Crippen LogP contribution in [0.1, 0.15) is 36.9 Å². The van der Waals surface area contributed by atoms with Gasteiger partial charge in [0.15, 0.2) is 0 Å². The lowest BCUT2D eigenvalue weighted by Gasteiger charge is -2.13. The van der Waals surface area contributed by atoms with E-state index in [9.17, 15) is 4.79 Å². The molecule has 3 unspecified atom stereocenters. The molecule has 1 saturated heterocycles. The van der Waals surface area contributed by atoms with Crippen LogP contribution in [-0.2, 0) is 16.0 Å². The highest BCUT2D eigenvalue weighted by atomic mass is 16.5. The van der Waals surface area contributed by atoms with Crippen LogP contribution in [-0.4, -0.2) is 23.5 Å². The molecule has 1 aliphatic heterocycles. The van der Waals surface area contributed by atoms with Crippen molar-refractivity contribution in [3.8, 4) is 0 Å². The number of Topliss-reactive ketones (excluding diaryl/α,β-unsaturated/α-hetero) is 1. The van der Waals surface area contributed by atoms with E-state index in [0.717, 1.165) is 25.0 Å². The number of ether oxygens (including phenoxy) is 1. The van der Waals surface area contributed by atoms with E-state index in [-0.39, 0.29) is 17.9 Å². The molecule has 2 aliphatic rings. The summed E-state index contributed by atoms with van der Waals surface area (Å²) in [4.78, 5) is 16.8. The maximum Gasteiger partial charge on any atom is 0.147 e. The summed E-state index contributed by atoms with van der Waals surface area (Å²) in [6.45, 7) is 2.63. The van der Waals surface area contributed by atoms with Gasteiger partial charge in [0.1, 0.15) is 5.78 Å². The molecule has 3 nitrogen and oxygen atoms in total. The summed E-state index contributed by atoms with van der Waals surface area (Å²) in [7, 11) is 0. The molecule has 2 heterocycles. The van der Waals surface area contributed by atoms with Gasteiger partial charge in [-0.1, -0.05) is 6.07 Å². The molecule has 90 valence electrons. The summed E-state index contributed by atoms with van der Waals surface area (Å²) >= 11 is 0. The second-order valence-corrected chi connectivity index (χ2v) is 5.12. The molecule has 1 fully saturated rings. The number of hydrogen-bond acceptors (Lipinski definition) is 3. The molecule has 0 radical (unpaired) electrons. The van der Waals surface area contributed by atoms with Gasteiger partial charge in [0.2, 0.25) is 0 Å². The van der Waals surface area contributed by atoms with Crippen LogP contribution in [0.4, 0.5) is 0 Å². The number of fused-ring (bicyclic) bond motifs is 1. The second-order valence-electron chi connectivity index (χ2n) is 5.12. The van der Waals surface area contributed by atoms with Gasteiger partial charge in [-0.25, -0.2) is 0 Å². The van der Waals surface area contributed by atoms with E-state index < -0.39 is 0 Å². The third kappa shape index (κ3) is 1.89. The van der Waals surface area contributed by atoms with Crippen LogP contribution in [0, 0.1) is 5.92 Å². The fraction of sp³-hybridized carbons (Fsp3) is 0.571. The highest BCUT2D eigenvalue weighted by molar-refractivity contribution is 5.88. The summed E-state index contributed by atoms with van der Waals surface area (Å²) in [5.41, 5.74) is 2.26. The van der Waals surface area contributed by atoms with Gasteiger partial charge < -0.3 is 4.74 Å². The number of aryl methyl sites for hydroxylation is 1. The summed E-state index contributed by atoms with van der Waals surface area (Å²) in [5.74, 6) is 0.444. The normalized spacial score (nSPS) is 31.5. The van der Waals surface area contributed by atoms with Crippen molar-refractivity contribution in [3.05, 3.63) is 29.6 Å². The summed E-state index contributed by atoms with van der Waals surface area (Å²) in [6.07, 6.45) is 4.81. The smallest absolute Gasteiger partial charge is 0.147 e. The van der Waals surface area contributed by atoms with Crippen molar-refractivity contribution in [1.82, 2.24) is 4.98 Å². The van der Waals surface area contributed by atoms with Gasteiger partial charge in [0, 0.05) is 12.1 Å². The first-order chi connectivity index (χ1) is 8.25. The van der Waals surface area contributed by atoms with Gasteiger partial charge in [0.25, 0.3) is 0 Å². The van der Waals surface area contributed by atoms with E-state index in [1.807, 2.05) is 13.0 Å². The fourth-order valence-corrected chi connectivity index (χ4v) is 2.99. The van der Waals surface area contributed by atoms with Gasteiger partial charge in [-0.05, 0) is 37.8 Å². The highest BCUT2D eigenvalue weighted by Crippen LogP contribution is 2.35. The van der Waals surface area contributed by atoms with Gasteiger partial charge >= 0.3 is 0 Å². The maximum absolute atomic E-state index is 12.4. The average Bonchev–Trinajstić information content (AvgIpc) is 2.94. The SMILES string of the molecule is CC1CC(C(=O)C2CCc3cccnc32)CO1. The Morgan fingerprint density at radius 2 is 2.41 bits per heavy atom. The van der Waals surface area contributed by atoms with Gasteiger partial charge in [-0.2, -0.15) is 0 Å². The molecule has 1 aliphatic carbocycles. The number of aromatic nitrogens is 1. The lowest BCUT2D eigenvalue weighted by Crippen LogP contribution is -2.21. The molecule has 0 aromatic carbocycles. The zero-order valence-corrected chi connectivity index (χ0v) is 10.1. The molecule has 3 rings (SSSR count). The Labute approximate surface area is 101 Å². The van der Waals surface area contributed by atoms with Crippen molar-refractivity contribution in [3.63, 3.8) is 0 Å². The molecule has 0 saturated carbocycles. The van der Waals surface area contributed by atoms with Crippen LogP contribution < -0.4 is 0 Å². The summed E-state index contributed by atoms with van der Waals surface area (Å²) in [5, 5.41) is 0. The first-order valence-electron chi connectivity index (χ1n) is 6.35. The fourth-order valence-electron chi connectivity index (χ4n) is 2.99. The van der Waals surface area contributed by atoms with Crippen LogP contribution >= 0.6 is 0 Å². The van der Waals surface area contributed by atoms with E-state index in [1.165, 1.54) is 5.56 Å². The van der Waals surface area contributed by atoms with Crippen LogP contribution in [0.25, 0.3) is 0 Å². The van der Waals surface area contributed by atoms with Gasteiger partial charge in [-0.15, -0.1) is 0 Å². The minimum absolute atomic E-state index is 0.0186. The lowest BCUT2D eigenvalue weighted by molar-refractivity contribution is -0.124. The van der Waals surface area contributed by atoms with Crippen molar-refractivity contribution < 1.29 is 9.53 Å². The Bertz CT molecular complexity index is 444. The maximum atomic E-state index is 12.4. The number of ketones is 1. The van der Waals surface area contributed by atoms with E-state index in [4.69, 9.17) is 4.74 Å². The number of hydrogen-bond donors (Lipinski definition) is 0. The monoisotopic (exact) mass is 231 g/mol. The lowest BCUT2D eigenvalue weighted by atomic mass is 9.89. The molecule has 0 amide bonds. The van der Waals surface area contributed by atoms with E-state index >= 15 is 0 Å². The molecule has 1 aromatic rings. The second kappa shape index (κ2) is 4.22. The molecule has 17 heavy (non-hydrogen) atoms. The zero-order chi connectivity index (χ0) is 11.8. The van der Waals surface area contributed by atoms with Crippen molar-refractivity contribution >= 4 is 5.78 Å². The minimum Gasteiger partial charge on any atom is -0.378 e. The third-order valence-corrected chi connectivity index (χ3v) is 3.90. The Morgan fingerprint density at radius 1 is 1.53 bits per heavy atom. The first kappa shape index (κ1) is 10.9. The molecular weight excluding hydrogens is 214 g/mol. The van der Waals surface area contributed by atoms with Crippen LogP contribution in [0.3, 0.4) is 0 Å². The molecule has 0 spiro atoms. The minimum atomic E-state index is 0.0186. The molecule has 3 heteroatoms. The predicted molar refractivity (Wildman–Crippen MR) is 63.8 cm³/mol. The van der Waals surface area contributed by atoms with Crippen molar-refractivity contribution in [2.24, 2.45) is 5.92 Å². The largest absolute Gasteiger partial charge is 0.378 e. The summed E-state index contributed by atoms with van der Waals surface area (Å²) < 4.78 is 5.49. The molecule has 0 N–H and O–H groups in total. The Balaban J connectivity index is 1.80. The van der Waals surface area contributed by atoms with Gasteiger partial charge in [0.05, 0.1) is 24.3 Å². The topological polar surface area (TPSA) is 39.2 Å². The molecule has 0 bridgehead atoms. The van der Waals surface area contributed by atoms with Gasteiger partial charge in [-0.3, -0.25) is 9.78 Å². The Hall–Kier alpha value is -1.22. The van der Waals surface area contributed by atoms with Crippen LogP contribution in [0.2, 0.25) is 0 Å². The van der Waals surface area contributed by atoms with Crippen molar-refractivity contribution in [1.29, 1.82) is 0 Å². The van der Waals surface area contributed by atoms with Crippen LogP contribution in [0.15, 0.2) is 18.3 Å². The Morgan fingerprint density at radius 3 is 3.18 bits per heavy atom. The quantitative estimate of drug-likeness (QED) is 0.782. The van der Waals surface area contributed by atoms with E-state index in [1.54, 1.807) is 6.20 Å². The van der Waals surface area contributed by atoms with E-state index in [2.05, 4.69) is 11.1 Å². The highest BCUT2D eigenvalue weighted by Gasteiger charge is 2.37. The standard InChI is InChI=1S/C14H17NO2/c1-9-7-11(8-17-9)14(16)12-5-4-10-3-2-6-15-13(10)12/h2-3,6,9,11-12H,4-5,7-8H2,1H3. The van der Waals surface area contributed by atoms with Crippen molar-refractivity contribution in [2.75, 3.05) is 6.61 Å². The molecule has 1 aromatic heterocycles. The number of nitrogens with zero attached hydrogens (tertiary/aromatic N) is 1. The van der Waals surface area contributed by atoms with Crippen molar-refractivity contribution in [2.45, 2.75) is 38.2 Å². The predicted octanol–water partition coefficient (Wildman–Crippen LogP) is 2.11. The average molecular weight is 231 g/mol. The van der Waals surface area contributed by atoms with E-state index in [0.29, 0.717) is 12.4 Å². The Kier molecular flexibility index (Phi) is 2.71. The number of rotatable bonds is 2. The number of carbonyl (C=O) groups is 1. The first-order valence-corrected chi connectivity index (χ1v) is 6.35. The summed E-state index contributed by atoms with van der Waals surface area (Å²) in [6, 6.07) is 4.04.